The summed E-state index contributed by atoms with van der Waals surface area (Å²) in [6, 6.07) is 2.03. The third-order valence-electron chi connectivity index (χ3n) is 4.32. The van der Waals surface area contributed by atoms with Crippen LogP contribution in [-0.4, -0.2) is 23.5 Å². The molecule has 0 fully saturated rings. The van der Waals surface area contributed by atoms with Crippen molar-refractivity contribution >= 4 is 23.2 Å². The van der Waals surface area contributed by atoms with E-state index in [1.165, 1.54) is 4.88 Å². The zero-order chi connectivity index (χ0) is 14.8. The lowest BCUT2D eigenvalue weighted by atomic mass is 9.85. The molecule has 2 atom stereocenters. The van der Waals surface area contributed by atoms with E-state index in [-0.39, 0.29) is 18.4 Å². The molecule has 1 aliphatic rings. The predicted molar refractivity (Wildman–Crippen MR) is 79.0 cm³/mol. The highest BCUT2D eigenvalue weighted by Gasteiger charge is 2.33. The smallest absolute Gasteiger partial charge is 0.311 e. The number of carboxylic acids is 1. The number of aryl methyl sites for hydroxylation is 1. The maximum Gasteiger partial charge on any atom is 0.311 e. The number of thiophene rings is 1. The first-order chi connectivity index (χ1) is 9.48. The second-order valence-corrected chi connectivity index (χ2v) is 6.68. The Kier molecular flexibility index (Phi) is 4.48. The fourth-order valence-corrected chi connectivity index (χ4v) is 3.50. The van der Waals surface area contributed by atoms with Crippen LogP contribution in [0, 0.1) is 5.41 Å². The van der Waals surface area contributed by atoms with Crippen LogP contribution >= 0.6 is 11.3 Å². The van der Waals surface area contributed by atoms with Crippen molar-refractivity contribution in [2.45, 2.75) is 45.4 Å². The van der Waals surface area contributed by atoms with Gasteiger partial charge in [0.05, 0.1) is 11.3 Å². The molecule has 20 heavy (non-hydrogen) atoms. The van der Waals surface area contributed by atoms with Crippen molar-refractivity contribution in [1.82, 2.24) is 5.32 Å². The molecule has 1 aliphatic carbocycles. The number of carbonyl (C=O) groups excluding carboxylic acids is 1. The molecule has 4 nitrogen and oxygen atoms in total. The molecule has 2 rings (SSSR count). The molecule has 0 aromatic carbocycles. The molecule has 0 aliphatic heterocycles. The van der Waals surface area contributed by atoms with Gasteiger partial charge in [-0.3, -0.25) is 9.59 Å². The first kappa shape index (κ1) is 15.0. The van der Waals surface area contributed by atoms with Crippen LogP contribution in [0.5, 0.6) is 0 Å². The molecule has 1 aromatic heterocycles. The molecule has 110 valence electrons. The number of carbonyl (C=O) groups is 2. The lowest BCUT2D eigenvalue weighted by molar-refractivity contribution is -0.148. The van der Waals surface area contributed by atoms with E-state index >= 15 is 0 Å². The van der Waals surface area contributed by atoms with Gasteiger partial charge in [0.15, 0.2) is 0 Å². The Balaban J connectivity index is 2.02. The summed E-state index contributed by atoms with van der Waals surface area (Å²) in [6.07, 6.45) is 3.43. The minimum Gasteiger partial charge on any atom is -0.481 e. The lowest BCUT2D eigenvalue weighted by Gasteiger charge is -2.26. The van der Waals surface area contributed by atoms with Crippen molar-refractivity contribution < 1.29 is 14.7 Å². The Labute approximate surface area is 123 Å². The van der Waals surface area contributed by atoms with E-state index in [0.717, 1.165) is 24.8 Å². The van der Waals surface area contributed by atoms with Gasteiger partial charge in [0.2, 0.25) is 5.91 Å². The standard InChI is InChI=1S/C15H21NO3S/c1-3-15(2,14(18)19)9-16-13(17)11-5-4-6-12-10(11)7-8-20-12/h7-8,11H,3-6,9H2,1-2H3,(H,16,17)(H,18,19). The molecule has 5 heteroatoms. The summed E-state index contributed by atoms with van der Waals surface area (Å²) in [5.74, 6) is -1.01. The first-order valence-electron chi connectivity index (χ1n) is 7.05. The number of hydrogen-bond acceptors (Lipinski definition) is 3. The number of carboxylic acid groups (broad SMARTS) is 1. The zero-order valence-corrected chi connectivity index (χ0v) is 12.8. The zero-order valence-electron chi connectivity index (χ0n) is 11.9. The minimum atomic E-state index is -0.887. The van der Waals surface area contributed by atoms with Crippen LogP contribution in [0.4, 0.5) is 0 Å². The van der Waals surface area contributed by atoms with Gasteiger partial charge < -0.3 is 10.4 Å². The number of rotatable bonds is 5. The monoisotopic (exact) mass is 295 g/mol. The summed E-state index contributed by atoms with van der Waals surface area (Å²) in [7, 11) is 0. The number of amides is 1. The number of aliphatic carboxylic acids is 1. The molecular weight excluding hydrogens is 274 g/mol. The Morgan fingerprint density at radius 3 is 2.95 bits per heavy atom. The van der Waals surface area contributed by atoms with Crippen molar-refractivity contribution in [2.24, 2.45) is 5.41 Å². The van der Waals surface area contributed by atoms with Gasteiger partial charge in [-0.05, 0) is 49.6 Å². The van der Waals surface area contributed by atoms with Gasteiger partial charge in [-0.1, -0.05) is 6.92 Å². The van der Waals surface area contributed by atoms with Gasteiger partial charge in [-0.25, -0.2) is 0 Å². The second kappa shape index (κ2) is 5.95. The van der Waals surface area contributed by atoms with Gasteiger partial charge >= 0.3 is 5.97 Å². The maximum atomic E-state index is 12.3. The third-order valence-corrected chi connectivity index (χ3v) is 5.31. The van der Waals surface area contributed by atoms with Crippen molar-refractivity contribution in [3.8, 4) is 0 Å². The highest BCUT2D eigenvalue weighted by Crippen LogP contribution is 2.35. The summed E-state index contributed by atoms with van der Waals surface area (Å²) in [6.45, 7) is 3.69. The minimum absolute atomic E-state index is 0.0368. The van der Waals surface area contributed by atoms with E-state index in [1.54, 1.807) is 18.3 Å². The average Bonchev–Trinajstić information content (AvgIpc) is 2.92. The fourth-order valence-electron chi connectivity index (χ4n) is 2.52. The number of hydrogen-bond donors (Lipinski definition) is 2. The van der Waals surface area contributed by atoms with E-state index in [4.69, 9.17) is 0 Å². The van der Waals surface area contributed by atoms with E-state index in [0.29, 0.717) is 6.42 Å². The van der Waals surface area contributed by atoms with Crippen LogP contribution in [0.1, 0.15) is 49.5 Å². The van der Waals surface area contributed by atoms with Gasteiger partial charge in [0, 0.05) is 11.4 Å². The van der Waals surface area contributed by atoms with Crippen molar-refractivity contribution in [1.29, 1.82) is 0 Å². The molecule has 0 bridgehead atoms. The van der Waals surface area contributed by atoms with Crippen molar-refractivity contribution in [3.63, 3.8) is 0 Å². The van der Waals surface area contributed by atoms with Crippen LogP contribution < -0.4 is 5.32 Å². The van der Waals surface area contributed by atoms with Gasteiger partial charge in [0.25, 0.3) is 0 Å². The van der Waals surface area contributed by atoms with Crippen molar-refractivity contribution in [3.05, 3.63) is 21.9 Å². The predicted octanol–water partition coefficient (Wildman–Crippen LogP) is 2.79. The second-order valence-electron chi connectivity index (χ2n) is 5.68. The molecular formula is C15H21NO3S. The average molecular weight is 295 g/mol. The van der Waals surface area contributed by atoms with Gasteiger partial charge in [0.1, 0.15) is 0 Å². The Morgan fingerprint density at radius 2 is 2.30 bits per heavy atom. The fraction of sp³-hybridized carbons (Fsp3) is 0.600. The molecule has 0 saturated heterocycles. The molecule has 2 unspecified atom stereocenters. The Bertz CT molecular complexity index is 511. The summed E-state index contributed by atoms with van der Waals surface area (Å²) < 4.78 is 0. The van der Waals surface area contributed by atoms with E-state index in [1.807, 2.05) is 18.4 Å². The van der Waals surface area contributed by atoms with Crippen LogP contribution in [0.25, 0.3) is 0 Å². The number of fused-ring (bicyclic) bond motifs is 1. The normalized spacial score (nSPS) is 20.8. The van der Waals surface area contributed by atoms with Gasteiger partial charge in [-0.15, -0.1) is 11.3 Å². The van der Waals surface area contributed by atoms with Crippen LogP contribution in [0.3, 0.4) is 0 Å². The van der Waals surface area contributed by atoms with E-state index in [2.05, 4.69) is 5.32 Å². The molecule has 1 aromatic rings. The molecule has 1 heterocycles. The van der Waals surface area contributed by atoms with Crippen molar-refractivity contribution in [2.75, 3.05) is 6.54 Å². The summed E-state index contributed by atoms with van der Waals surface area (Å²) in [4.78, 5) is 24.9. The van der Waals surface area contributed by atoms with E-state index in [9.17, 15) is 14.7 Å². The van der Waals surface area contributed by atoms with Gasteiger partial charge in [-0.2, -0.15) is 0 Å². The molecule has 0 spiro atoms. The molecule has 0 saturated carbocycles. The highest BCUT2D eigenvalue weighted by molar-refractivity contribution is 7.10. The first-order valence-corrected chi connectivity index (χ1v) is 7.93. The van der Waals surface area contributed by atoms with Crippen LogP contribution in [0.15, 0.2) is 11.4 Å². The topological polar surface area (TPSA) is 66.4 Å². The quantitative estimate of drug-likeness (QED) is 0.878. The van der Waals surface area contributed by atoms with E-state index < -0.39 is 11.4 Å². The van der Waals surface area contributed by atoms with Crippen LogP contribution in [0.2, 0.25) is 0 Å². The SMILES string of the molecule is CCC(C)(CNC(=O)C1CCCc2sccc21)C(=O)O. The summed E-state index contributed by atoms with van der Waals surface area (Å²) >= 11 is 1.71. The maximum absolute atomic E-state index is 12.3. The highest BCUT2D eigenvalue weighted by atomic mass is 32.1. The third kappa shape index (κ3) is 2.87. The number of nitrogens with one attached hydrogen (secondary N) is 1. The molecule has 1 amide bonds. The summed E-state index contributed by atoms with van der Waals surface area (Å²) in [5, 5.41) is 14.1. The molecule has 2 N–H and O–H groups in total. The molecule has 0 radical (unpaired) electrons. The largest absolute Gasteiger partial charge is 0.481 e. The Hall–Kier alpha value is -1.36. The summed E-state index contributed by atoms with van der Waals surface area (Å²) in [5.41, 5.74) is 0.245. The lowest BCUT2D eigenvalue weighted by Crippen LogP contribution is -2.42. The Morgan fingerprint density at radius 1 is 1.55 bits per heavy atom. The van der Waals surface area contributed by atoms with Crippen LogP contribution in [-0.2, 0) is 16.0 Å².